The molecule has 1 amide bonds. The van der Waals surface area contributed by atoms with Crippen molar-refractivity contribution in [1.82, 2.24) is 4.98 Å². The molecule has 0 spiro atoms. The number of thiophene rings is 1. The number of rotatable bonds is 3. The van der Waals surface area contributed by atoms with E-state index in [0.717, 1.165) is 5.56 Å². The van der Waals surface area contributed by atoms with Gasteiger partial charge in [-0.25, -0.2) is 4.98 Å². The summed E-state index contributed by atoms with van der Waals surface area (Å²) in [6, 6.07) is 5.05. The molecular formula is C11H10N2O2S. The average Bonchev–Trinajstić information content (AvgIpc) is 2.81. The van der Waals surface area contributed by atoms with Gasteiger partial charge in [0.2, 0.25) is 0 Å². The van der Waals surface area contributed by atoms with Gasteiger partial charge in [0, 0.05) is 10.9 Å². The normalized spacial score (nSPS) is 10.3. The number of carbonyl (C=O) groups excluding carboxylic acids is 1. The highest BCUT2D eigenvalue weighted by atomic mass is 32.1. The Kier molecular flexibility index (Phi) is 2.98. The molecule has 0 unspecified atom stereocenters. The Labute approximate surface area is 96.4 Å². The Morgan fingerprint density at radius 3 is 2.81 bits per heavy atom. The van der Waals surface area contributed by atoms with Crippen LogP contribution in [0.25, 0.3) is 11.3 Å². The van der Waals surface area contributed by atoms with Crippen molar-refractivity contribution < 1.29 is 9.90 Å². The van der Waals surface area contributed by atoms with Gasteiger partial charge in [-0.3, -0.25) is 4.79 Å². The zero-order valence-corrected chi connectivity index (χ0v) is 9.20. The highest BCUT2D eigenvalue weighted by molar-refractivity contribution is 7.08. The highest BCUT2D eigenvalue weighted by Crippen LogP contribution is 2.24. The van der Waals surface area contributed by atoms with Crippen LogP contribution in [-0.2, 0) is 6.61 Å². The fraction of sp³-hybridized carbons (Fsp3) is 0.0909. The molecule has 0 saturated heterocycles. The number of primary amides is 1. The zero-order chi connectivity index (χ0) is 11.5. The van der Waals surface area contributed by atoms with Crippen LogP contribution in [0.2, 0.25) is 0 Å². The molecule has 0 aliphatic carbocycles. The molecular weight excluding hydrogens is 224 g/mol. The van der Waals surface area contributed by atoms with E-state index in [1.165, 1.54) is 11.3 Å². The van der Waals surface area contributed by atoms with Crippen LogP contribution < -0.4 is 5.73 Å². The van der Waals surface area contributed by atoms with Gasteiger partial charge >= 0.3 is 0 Å². The zero-order valence-electron chi connectivity index (χ0n) is 8.38. The monoisotopic (exact) mass is 234 g/mol. The van der Waals surface area contributed by atoms with Gasteiger partial charge in [-0.05, 0) is 23.6 Å². The van der Waals surface area contributed by atoms with Crippen molar-refractivity contribution in [2.24, 2.45) is 5.73 Å². The van der Waals surface area contributed by atoms with Crippen molar-refractivity contribution in [2.45, 2.75) is 6.61 Å². The number of nitrogens with two attached hydrogens (primary N) is 1. The second kappa shape index (κ2) is 4.42. The highest BCUT2D eigenvalue weighted by Gasteiger charge is 2.12. The van der Waals surface area contributed by atoms with Gasteiger partial charge in [-0.2, -0.15) is 11.3 Å². The fourth-order valence-corrected chi connectivity index (χ4v) is 2.05. The van der Waals surface area contributed by atoms with Gasteiger partial charge < -0.3 is 10.8 Å². The van der Waals surface area contributed by atoms with Crippen LogP contribution in [0.4, 0.5) is 0 Å². The predicted molar refractivity (Wildman–Crippen MR) is 62.0 cm³/mol. The fourth-order valence-electron chi connectivity index (χ4n) is 1.41. The molecule has 0 fully saturated rings. The average molecular weight is 234 g/mol. The first-order valence-electron chi connectivity index (χ1n) is 4.65. The Morgan fingerprint density at radius 1 is 1.44 bits per heavy atom. The quantitative estimate of drug-likeness (QED) is 0.842. The SMILES string of the molecule is NC(=O)c1ccc(CO)nc1-c1ccsc1. The van der Waals surface area contributed by atoms with E-state index in [1.54, 1.807) is 12.1 Å². The maximum absolute atomic E-state index is 11.2. The molecule has 2 heterocycles. The molecule has 4 nitrogen and oxygen atoms in total. The minimum atomic E-state index is -0.516. The molecule has 0 aromatic carbocycles. The Morgan fingerprint density at radius 2 is 2.25 bits per heavy atom. The number of nitrogens with zero attached hydrogens (tertiary/aromatic N) is 1. The number of aliphatic hydroxyl groups is 1. The Hall–Kier alpha value is -1.72. The second-order valence-electron chi connectivity index (χ2n) is 3.23. The van der Waals surface area contributed by atoms with Gasteiger partial charge in [-0.15, -0.1) is 0 Å². The van der Waals surface area contributed by atoms with Crippen LogP contribution in [0.3, 0.4) is 0 Å². The molecule has 0 aliphatic rings. The minimum Gasteiger partial charge on any atom is -0.390 e. The van der Waals surface area contributed by atoms with Crippen LogP contribution >= 0.6 is 11.3 Å². The summed E-state index contributed by atoms with van der Waals surface area (Å²) in [6.07, 6.45) is 0. The molecule has 2 rings (SSSR count). The third kappa shape index (κ3) is 1.95. The predicted octanol–water partition coefficient (Wildman–Crippen LogP) is 1.40. The second-order valence-corrected chi connectivity index (χ2v) is 4.01. The lowest BCUT2D eigenvalue weighted by Gasteiger charge is -2.05. The molecule has 3 N–H and O–H groups in total. The maximum atomic E-state index is 11.2. The van der Waals surface area contributed by atoms with Crippen LogP contribution in [0.15, 0.2) is 29.0 Å². The summed E-state index contributed by atoms with van der Waals surface area (Å²) >= 11 is 1.51. The first kappa shape index (κ1) is 10.8. The van der Waals surface area contributed by atoms with Gasteiger partial charge in [0.1, 0.15) is 0 Å². The smallest absolute Gasteiger partial charge is 0.250 e. The maximum Gasteiger partial charge on any atom is 0.250 e. The van der Waals surface area contributed by atoms with Crippen molar-refractivity contribution in [3.63, 3.8) is 0 Å². The van der Waals surface area contributed by atoms with E-state index in [0.29, 0.717) is 17.0 Å². The van der Waals surface area contributed by atoms with Gasteiger partial charge in [0.25, 0.3) is 5.91 Å². The summed E-state index contributed by atoms with van der Waals surface area (Å²) in [4.78, 5) is 15.5. The molecule has 0 saturated carbocycles. The number of aromatic nitrogens is 1. The van der Waals surface area contributed by atoms with E-state index in [4.69, 9.17) is 10.8 Å². The standard InChI is InChI=1S/C11H10N2O2S/c12-11(15)9-2-1-8(5-14)13-10(9)7-3-4-16-6-7/h1-4,6,14H,5H2,(H2,12,15). The lowest BCUT2D eigenvalue weighted by atomic mass is 10.1. The number of aliphatic hydroxyl groups excluding tert-OH is 1. The van der Waals surface area contributed by atoms with Crippen molar-refractivity contribution in [3.05, 3.63) is 40.2 Å². The van der Waals surface area contributed by atoms with Gasteiger partial charge in [-0.1, -0.05) is 0 Å². The number of hydrogen-bond donors (Lipinski definition) is 2. The van der Waals surface area contributed by atoms with Crippen molar-refractivity contribution in [3.8, 4) is 11.3 Å². The Balaban J connectivity index is 2.59. The first-order valence-corrected chi connectivity index (χ1v) is 5.60. The van der Waals surface area contributed by atoms with Crippen LogP contribution in [0.1, 0.15) is 16.1 Å². The largest absolute Gasteiger partial charge is 0.390 e. The Bertz CT molecular complexity index is 509. The van der Waals surface area contributed by atoms with Crippen LogP contribution in [0.5, 0.6) is 0 Å². The lowest BCUT2D eigenvalue weighted by molar-refractivity contribution is 0.100. The first-order chi connectivity index (χ1) is 7.72. The molecule has 2 aromatic rings. The molecule has 5 heteroatoms. The summed E-state index contributed by atoms with van der Waals surface area (Å²) < 4.78 is 0. The van der Waals surface area contributed by atoms with E-state index in [9.17, 15) is 4.79 Å². The van der Waals surface area contributed by atoms with Crippen molar-refractivity contribution in [1.29, 1.82) is 0 Å². The van der Waals surface area contributed by atoms with Crippen molar-refractivity contribution in [2.75, 3.05) is 0 Å². The van der Waals surface area contributed by atoms with Gasteiger partial charge in [0.05, 0.1) is 23.6 Å². The third-order valence-corrected chi connectivity index (χ3v) is 2.86. The number of hydrogen-bond acceptors (Lipinski definition) is 4. The van der Waals surface area contributed by atoms with E-state index in [2.05, 4.69) is 4.98 Å². The third-order valence-electron chi connectivity index (χ3n) is 2.17. The van der Waals surface area contributed by atoms with Crippen LogP contribution in [-0.4, -0.2) is 16.0 Å². The summed E-state index contributed by atoms with van der Waals surface area (Å²) in [5, 5.41) is 12.8. The molecule has 82 valence electrons. The molecule has 0 bridgehead atoms. The topological polar surface area (TPSA) is 76.2 Å². The number of pyridine rings is 1. The molecule has 0 aliphatic heterocycles. The summed E-state index contributed by atoms with van der Waals surface area (Å²) in [7, 11) is 0. The molecule has 0 atom stereocenters. The van der Waals surface area contributed by atoms with Crippen LogP contribution in [0, 0.1) is 0 Å². The van der Waals surface area contributed by atoms with E-state index < -0.39 is 5.91 Å². The van der Waals surface area contributed by atoms with Gasteiger partial charge in [0.15, 0.2) is 0 Å². The van der Waals surface area contributed by atoms with Crippen molar-refractivity contribution >= 4 is 17.2 Å². The summed E-state index contributed by atoms with van der Waals surface area (Å²) in [6.45, 7) is -0.157. The number of amides is 1. The molecule has 2 aromatic heterocycles. The van der Waals surface area contributed by atoms with E-state index in [1.807, 2.05) is 16.8 Å². The summed E-state index contributed by atoms with van der Waals surface area (Å²) in [5.41, 5.74) is 7.53. The van der Waals surface area contributed by atoms with E-state index in [-0.39, 0.29) is 6.61 Å². The lowest BCUT2D eigenvalue weighted by Crippen LogP contribution is -2.13. The summed E-state index contributed by atoms with van der Waals surface area (Å²) in [5.74, 6) is -0.516. The number of carbonyl (C=O) groups is 1. The minimum absolute atomic E-state index is 0.157. The van der Waals surface area contributed by atoms with E-state index >= 15 is 0 Å². The molecule has 0 radical (unpaired) electrons. The molecule has 16 heavy (non-hydrogen) atoms.